The Morgan fingerprint density at radius 3 is 2.64 bits per heavy atom. The molecular formula is C15H21N3O3S. The SMILES string of the molecule is COCC[C@H](C)NS(=O)(=O)c1cnn(-c2ccc(C)cc2)c1. The second-order valence-electron chi connectivity index (χ2n) is 5.26. The van der Waals surface area contributed by atoms with Crippen molar-refractivity contribution in [3.05, 3.63) is 42.2 Å². The van der Waals surface area contributed by atoms with Crippen LogP contribution in [0.2, 0.25) is 0 Å². The first-order valence-electron chi connectivity index (χ1n) is 7.05. The Balaban J connectivity index is 2.14. The molecule has 1 heterocycles. The summed E-state index contributed by atoms with van der Waals surface area (Å²) < 4.78 is 33.7. The molecule has 0 unspecified atom stereocenters. The fourth-order valence-electron chi connectivity index (χ4n) is 1.97. The zero-order valence-corrected chi connectivity index (χ0v) is 13.8. The molecule has 2 rings (SSSR count). The van der Waals surface area contributed by atoms with Crippen LogP contribution in [-0.2, 0) is 14.8 Å². The molecule has 0 radical (unpaired) electrons. The van der Waals surface area contributed by atoms with Crippen molar-refractivity contribution in [1.82, 2.24) is 14.5 Å². The van der Waals surface area contributed by atoms with E-state index in [9.17, 15) is 8.42 Å². The molecule has 0 aliphatic rings. The maximum absolute atomic E-state index is 12.3. The zero-order valence-electron chi connectivity index (χ0n) is 13.0. The largest absolute Gasteiger partial charge is 0.385 e. The minimum atomic E-state index is -3.57. The molecule has 22 heavy (non-hydrogen) atoms. The van der Waals surface area contributed by atoms with Crippen LogP contribution in [-0.4, -0.2) is 38.0 Å². The Morgan fingerprint density at radius 1 is 1.32 bits per heavy atom. The van der Waals surface area contributed by atoms with Crippen LogP contribution in [0.4, 0.5) is 0 Å². The first kappa shape index (κ1) is 16.7. The molecule has 1 atom stereocenters. The molecule has 0 amide bonds. The minimum absolute atomic E-state index is 0.150. The molecule has 1 N–H and O–H groups in total. The number of hydrogen-bond acceptors (Lipinski definition) is 4. The number of hydrogen-bond donors (Lipinski definition) is 1. The lowest BCUT2D eigenvalue weighted by atomic mass is 10.2. The fraction of sp³-hybridized carbons (Fsp3) is 0.400. The molecule has 0 saturated carbocycles. The Bertz CT molecular complexity index is 708. The third kappa shape index (κ3) is 4.16. The second-order valence-corrected chi connectivity index (χ2v) is 6.97. The van der Waals surface area contributed by atoms with Gasteiger partial charge in [0.15, 0.2) is 0 Å². The Morgan fingerprint density at radius 2 is 2.00 bits per heavy atom. The van der Waals surface area contributed by atoms with Gasteiger partial charge in [0, 0.05) is 19.8 Å². The second kappa shape index (κ2) is 7.04. The third-order valence-corrected chi connectivity index (χ3v) is 4.82. The maximum atomic E-state index is 12.3. The summed E-state index contributed by atoms with van der Waals surface area (Å²) in [6, 6.07) is 7.50. The summed E-state index contributed by atoms with van der Waals surface area (Å²) >= 11 is 0. The standard InChI is InChI=1S/C15H21N3O3S/c1-12-4-6-14(7-5-12)18-11-15(10-16-18)22(19,20)17-13(2)8-9-21-3/h4-7,10-11,13,17H,8-9H2,1-3H3/t13-/m0/s1. The molecule has 2 aromatic rings. The molecule has 0 aliphatic heterocycles. The van der Waals surface area contributed by atoms with Crippen LogP contribution >= 0.6 is 0 Å². The van der Waals surface area contributed by atoms with Crippen LogP contribution in [0.15, 0.2) is 41.6 Å². The van der Waals surface area contributed by atoms with Crippen molar-refractivity contribution >= 4 is 10.0 Å². The number of rotatable bonds is 7. The van der Waals surface area contributed by atoms with Crippen molar-refractivity contribution < 1.29 is 13.2 Å². The van der Waals surface area contributed by atoms with E-state index in [4.69, 9.17) is 4.74 Å². The summed E-state index contributed by atoms with van der Waals surface area (Å²) in [5.74, 6) is 0. The van der Waals surface area contributed by atoms with Gasteiger partial charge < -0.3 is 4.74 Å². The minimum Gasteiger partial charge on any atom is -0.385 e. The van der Waals surface area contributed by atoms with Gasteiger partial charge in [-0.1, -0.05) is 17.7 Å². The van der Waals surface area contributed by atoms with Gasteiger partial charge in [0.1, 0.15) is 4.90 Å². The van der Waals surface area contributed by atoms with Crippen LogP contribution in [0, 0.1) is 6.92 Å². The van der Waals surface area contributed by atoms with Gasteiger partial charge in [-0.05, 0) is 32.4 Å². The summed E-state index contributed by atoms with van der Waals surface area (Å²) in [6.07, 6.45) is 3.48. The van der Waals surface area contributed by atoms with Gasteiger partial charge in [0.2, 0.25) is 10.0 Å². The number of nitrogens with one attached hydrogen (secondary N) is 1. The van der Waals surface area contributed by atoms with Crippen molar-refractivity contribution in [2.75, 3.05) is 13.7 Å². The molecule has 0 fully saturated rings. The molecule has 6 nitrogen and oxygen atoms in total. The molecule has 120 valence electrons. The Kier molecular flexibility index (Phi) is 5.33. The molecule has 0 bridgehead atoms. The summed E-state index contributed by atoms with van der Waals surface area (Å²) in [5, 5.41) is 4.12. The molecule has 7 heteroatoms. The van der Waals surface area contributed by atoms with E-state index < -0.39 is 10.0 Å². The van der Waals surface area contributed by atoms with Crippen molar-refractivity contribution in [2.45, 2.75) is 31.2 Å². The number of aromatic nitrogens is 2. The molecule has 1 aromatic carbocycles. The third-order valence-electron chi connectivity index (χ3n) is 3.28. The van der Waals surface area contributed by atoms with Gasteiger partial charge in [-0.15, -0.1) is 0 Å². The number of ether oxygens (including phenoxy) is 1. The zero-order chi connectivity index (χ0) is 16.2. The number of benzene rings is 1. The van der Waals surface area contributed by atoms with E-state index in [1.165, 1.54) is 12.4 Å². The summed E-state index contributed by atoms with van der Waals surface area (Å²) in [4.78, 5) is 0.150. The number of aryl methyl sites for hydroxylation is 1. The highest BCUT2D eigenvalue weighted by atomic mass is 32.2. The summed E-state index contributed by atoms with van der Waals surface area (Å²) in [7, 11) is -1.98. The van der Waals surface area contributed by atoms with E-state index >= 15 is 0 Å². The van der Waals surface area contributed by atoms with E-state index in [1.807, 2.05) is 31.2 Å². The highest BCUT2D eigenvalue weighted by molar-refractivity contribution is 7.89. The molecule has 0 saturated heterocycles. The van der Waals surface area contributed by atoms with Crippen LogP contribution in [0.25, 0.3) is 5.69 Å². The number of sulfonamides is 1. The van der Waals surface area contributed by atoms with Crippen LogP contribution < -0.4 is 4.72 Å². The van der Waals surface area contributed by atoms with E-state index in [2.05, 4.69) is 9.82 Å². The van der Waals surface area contributed by atoms with Crippen molar-refractivity contribution in [3.8, 4) is 5.69 Å². The van der Waals surface area contributed by atoms with Crippen LogP contribution in [0.3, 0.4) is 0 Å². The van der Waals surface area contributed by atoms with Crippen molar-refractivity contribution in [3.63, 3.8) is 0 Å². The Labute approximate surface area is 131 Å². The van der Waals surface area contributed by atoms with Crippen LogP contribution in [0.1, 0.15) is 18.9 Å². The normalized spacial score (nSPS) is 13.2. The molecule has 1 aromatic heterocycles. The van der Waals surface area contributed by atoms with Gasteiger partial charge in [-0.2, -0.15) is 5.10 Å². The fourth-order valence-corrected chi connectivity index (χ4v) is 3.18. The number of methoxy groups -OCH3 is 1. The highest BCUT2D eigenvalue weighted by Gasteiger charge is 2.19. The lowest BCUT2D eigenvalue weighted by Gasteiger charge is -2.12. The van der Waals surface area contributed by atoms with Gasteiger partial charge in [0.25, 0.3) is 0 Å². The number of nitrogens with zero attached hydrogens (tertiary/aromatic N) is 2. The van der Waals surface area contributed by atoms with Gasteiger partial charge in [-0.25, -0.2) is 17.8 Å². The lowest BCUT2D eigenvalue weighted by Crippen LogP contribution is -2.33. The monoisotopic (exact) mass is 323 g/mol. The van der Waals surface area contributed by atoms with Crippen molar-refractivity contribution in [2.24, 2.45) is 0 Å². The van der Waals surface area contributed by atoms with E-state index in [0.717, 1.165) is 11.3 Å². The average Bonchev–Trinajstić information content (AvgIpc) is 2.96. The predicted octanol–water partition coefficient (Wildman–Crippen LogP) is 1.88. The molecule has 0 spiro atoms. The first-order valence-corrected chi connectivity index (χ1v) is 8.53. The lowest BCUT2D eigenvalue weighted by molar-refractivity contribution is 0.188. The van der Waals surface area contributed by atoms with Gasteiger partial charge in [0.05, 0.1) is 18.1 Å². The first-order chi connectivity index (χ1) is 10.4. The van der Waals surface area contributed by atoms with Crippen LogP contribution in [0.5, 0.6) is 0 Å². The van der Waals surface area contributed by atoms with Gasteiger partial charge >= 0.3 is 0 Å². The predicted molar refractivity (Wildman–Crippen MR) is 84.6 cm³/mol. The van der Waals surface area contributed by atoms with Crippen molar-refractivity contribution in [1.29, 1.82) is 0 Å². The topological polar surface area (TPSA) is 73.2 Å². The van der Waals surface area contributed by atoms with E-state index in [0.29, 0.717) is 13.0 Å². The molecular weight excluding hydrogens is 302 g/mol. The average molecular weight is 323 g/mol. The Hall–Kier alpha value is -1.70. The quantitative estimate of drug-likeness (QED) is 0.844. The van der Waals surface area contributed by atoms with E-state index in [-0.39, 0.29) is 10.9 Å². The highest BCUT2D eigenvalue weighted by Crippen LogP contribution is 2.13. The maximum Gasteiger partial charge on any atom is 0.243 e. The van der Waals surface area contributed by atoms with E-state index in [1.54, 1.807) is 18.7 Å². The molecule has 0 aliphatic carbocycles. The van der Waals surface area contributed by atoms with Gasteiger partial charge in [-0.3, -0.25) is 0 Å². The smallest absolute Gasteiger partial charge is 0.243 e. The summed E-state index contributed by atoms with van der Waals surface area (Å²) in [5.41, 5.74) is 1.96. The summed E-state index contributed by atoms with van der Waals surface area (Å²) in [6.45, 7) is 4.31.